The number of aryl methyl sites for hydroxylation is 1. The summed E-state index contributed by atoms with van der Waals surface area (Å²) in [6.07, 6.45) is 2.42. The van der Waals surface area contributed by atoms with Gasteiger partial charge in [0, 0.05) is 18.5 Å². The van der Waals surface area contributed by atoms with Crippen molar-refractivity contribution in [3.05, 3.63) is 47.5 Å². The highest BCUT2D eigenvalue weighted by Crippen LogP contribution is 2.12. The van der Waals surface area contributed by atoms with Crippen molar-refractivity contribution in [3.63, 3.8) is 0 Å². The molecular weight excluding hydrogens is 266 g/mol. The average molecular weight is 280 g/mol. The summed E-state index contributed by atoms with van der Waals surface area (Å²) in [6, 6.07) is 3.54. The first-order chi connectivity index (χ1) is 9.66. The lowest BCUT2D eigenvalue weighted by Crippen LogP contribution is -2.27. The number of H-pyrrole nitrogens is 1. The zero-order valence-electron chi connectivity index (χ0n) is 10.7. The molecule has 0 radical (unpaired) electrons. The highest BCUT2D eigenvalue weighted by atomic mass is 19.1. The number of benzene rings is 1. The summed E-state index contributed by atoms with van der Waals surface area (Å²) in [5.74, 6) is -1.09. The van der Waals surface area contributed by atoms with Gasteiger partial charge in [-0.15, -0.1) is 0 Å². The number of amides is 1. The molecular formula is C13H14F2N4O. The van der Waals surface area contributed by atoms with Gasteiger partial charge in [-0.3, -0.25) is 9.89 Å². The van der Waals surface area contributed by atoms with Crippen LogP contribution in [0, 0.1) is 11.6 Å². The largest absolute Gasteiger partial charge is 0.356 e. The molecule has 0 spiro atoms. The Morgan fingerprint density at radius 3 is 2.70 bits per heavy atom. The molecule has 1 heterocycles. The number of aromatic nitrogens is 3. The Bertz CT molecular complexity index is 552. The minimum Gasteiger partial charge on any atom is -0.356 e. The van der Waals surface area contributed by atoms with Gasteiger partial charge >= 0.3 is 0 Å². The van der Waals surface area contributed by atoms with E-state index in [-0.39, 0.29) is 12.0 Å². The molecule has 1 aromatic carbocycles. The van der Waals surface area contributed by atoms with Crippen molar-refractivity contribution in [2.75, 3.05) is 6.54 Å². The second kappa shape index (κ2) is 6.74. The first kappa shape index (κ1) is 14.1. The fourth-order valence-corrected chi connectivity index (χ4v) is 1.76. The number of rotatable bonds is 6. The van der Waals surface area contributed by atoms with Crippen LogP contribution in [-0.2, 0) is 17.6 Å². The summed E-state index contributed by atoms with van der Waals surface area (Å²) in [5.41, 5.74) is -0.208. The number of nitrogens with zero attached hydrogens (tertiary/aromatic N) is 2. The summed E-state index contributed by atoms with van der Waals surface area (Å²) < 4.78 is 26.7. The van der Waals surface area contributed by atoms with Gasteiger partial charge in [0.05, 0.1) is 6.42 Å². The van der Waals surface area contributed by atoms with E-state index in [1.807, 2.05) is 0 Å². The third-order valence-corrected chi connectivity index (χ3v) is 2.78. The van der Waals surface area contributed by atoms with Crippen LogP contribution in [0.4, 0.5) is 8.78 Å². The molecule has 0 aliphatic heterocycles. The number of hydrogen-bond acceptors (Lipinski definition) is 3. The van der Waals surface area contributed by atoms with Gasteiger partial charge < -0.3 is 5.32 Å². The molecule has 7 heteroatoms. The maximum Gasteiger partial charge on any atom is 0.224 e. The van der Waals surface area contributed by atoms with E-state index in [1.54, 1.807) is 0 Å². The molecule has 1 aromatic heterocycles. The fourth-order valence-electron chi connectivity index (χ4n) is 1.76. The van der Waals surface area contributed by atoms with Crippen molar-refractivity contribution >= 4 is 5.91 Å². The summed E-state index contributed by atoms with van der Waals surface area (Å²) in [7, 11) is 0. The van der Waals surface area contributed by atoms with Gasteiger partial charge in [-0.2, -0.15) is 5.10 Å². The first-order valence-corrected chi connectivity index (χ1v) is 6.20. The lowest BCUT2D eigenvalue weighted by atomic mass is 10.1. The zero-order chi connectivity index (χ0) is 14.4. The number of carbonyl (C=O) groups excluding carboxylic acids is 1. The number of nitrogens with one attached hydrogen (secondary N) is 2. The predicted octanol–water partition coefficient (Wildman–Crippen LogP) is 1.37. The highest BCUT2D eigenvalue weighted by molar-refractivity contribution is 5.78. The van der Waals surface area contributed by atoms with Gasteiger partial charge in [0.25, 0.3) is 0 Å². The molecule has 2 aromatic rings. The minimum absolute atomic E-state index is 0.208. The number of hydrogen-bond donors (Lipinski definition) is 2. The predicted molar refractivity (Wildman–Crippen MR) is 67.8 cm³/mol. The molecule has 0 saturated carbocycles. The lowest BCUT2D eigenvalue weighted by molar-refractivity contribution is -0.120. The van der Waals surface area contributed by atoms with E-state index in [9.17, 15) is 13.6 Å². The van der Waals surface area contributed by atoms with Crippen molar-refractivity contribution in [2.45, 2.75) is 19.3 Å². The third-order valence-electron chi connectivity index (χ3n) is 2.78. The van der Waals surface area contributed by atoms with Crippen molar-refractivity contribution in [1.82, 2.24) is 20.5 Å². The van der Waals surface area contributed by atoms with Crippen LogP contribution < -0.4 is 5.32 Å². The molecule has 0 atom stereocenters. The third kappa shape index (κ3) is 3.84. The van der Waals surface area contributed by atoms with E-state index >= 15 is 0 Å². The summed E-state index contributed by atoms with van der Waals surface area (Å²) in [4.78, 5) is 15.5. The molecule has 0 saturated heterocycles. The molecule has 0 aliphatic carbocycles. The normalized spacial score (nSPS) is 10.5. The Hall–Kier alpha value is -2.31. The number of aromatic amines is 1. The summed E-state index contributed by atoms with van der Waals surface area (Å²) in [6.45, 7) is 0.412. The van der Waals surface area contributed by atoms with Crippen LogP contribution in [0.15, 0.2) is 24.5 Å². The van der Waals surface area contributed by atoms with Crippen molar-refractivity contribution in [1.29, 1.82) is 0 Å². The molecule has 0 bridgehead atoms. The van der Waals surface area contributed by atoms with Gasteiger partial charge in [-0.25, -0.2) is 13.8 Å². The Morgan fingerprint density at radius 1 is 1.30 bits per heavy atom. The summed E-state index contributed by atoms with van der Waals surface area (Å²) >= 11 is 0. The second-order valence-corrected chi connectivity index (χ2v) is 4.26. The fraction of sp³-hybridized carbons (Fsp3) is 0.308. The maximum absolute atomic E-state index is 13.3. The Morgan fingerprint density at radius 2 is 2.05 bits per heavy atom. The molecule has 20 heavy (non-hydrogen) atoms. The van der Waals surface area contributed by atoms with E-state index in [0.717, 1.165) is 18.0 Å². The average Bonchev–Trinajstić information content (AvgIpc) is 2.92. The SMILES string of the molecule is O=C(Cc1c(F)cccc1F)NCCCc1ncn[nH]1. The van der Waals surface area contributed by atoms with Crippen molar-refractivity contribution < 1.29 is 13.6 Å². The molecule has 0 aliphatic rings. The van der Waals surface area contributed by atoms with Crippen molar-refractivity contribution in [2.24, 2.45) is 0 Å². The van der Waals surface area contributed by atoms with Gasteiger partial charge in [0.15, 0.2) is 0 Å². The highest BCUT2D eigenvalue weighted by Gasteiger charge is 2.12. The van der Waals surface area contributed by atoms with Crippen LogP contribution in [0.2, 0.25) is 0 Å². The van der Waals surface area contributed by atoms with Crippen LogP contribution >= 0.6 is 0 Å². The molecule has 2 N–H and O–H groups in total. The van der Waals surface area contributed by atoms with Gasteiger partial charge in [-0.05, 0) is 18.6 Å². The standard InChI is InChI=1S/C13H14F2N4O/c14-10-3-1-4-11(15)9(10)7-13(20)16-6-2-5-12-17-8-18-19-12/h1,3-4,8H,2,5-7H2,(H,16,20)(H,17,18,19). The first-order valence-electron chi connectivity index (χ1n) is 6.20. The van der Waals surface area contributed by atoms with Gasteiger partial charge in [0.1, 0.15) is 23.8 Å². The maximum atomic E-state index is 13.3. The van der Waals surface area contributed by atoms with Gasteiger partial charge in [0.2, 0.25) is 5.91 Å². The smallest absolute Gasteiger partial charge is 0.224 e. The zero-order valence-corrected chi connectivity index (χ0v) is 10.7. The Labute approximate surface area is 114 Å². The van der Waals surface area contributed by atoms with E-state index in [0.29, 0.717) is 19.4 Å². The molecule has 0 fully saturated rings. The Balaban J connectivity index is 1.75. The molecule has 2 rings (SSSR count). The van der Waals surface area contributed by atoms with Crippen LogP contribution in [0.1, 0.15) is 17.8 Å². The monoisotopic (exact) mass is 280 g/mol. The van der Waals surface area contributed by atoms with E-state index in [1.165, 1.54) is 12.4 Å². The summed E-state index contributed by atoms with van der Waals surface area (Å²) in [5, 5.41) is 9.03. The molecule has 0 unspecified atom stereocenters. The Kier molecular flexibility index (Phi) is 4.75. The van der Waals surface area contributed by atoms with Crippen LogP contribution in [-0.4, -0.2) is 27.6 Å². The minimum atomic E-state index is -0.707. The van der Waals surface area contributed by atoms with E-state index in [2.05, 4.69) is 20.5 Å². The van der Waals surface area contributed by atoms with Crippen LogP contribution in [0.5, 0.6) is 0 Å². The van der Waals surface area contributed by atoms with E-state index in [4.69, 9.17) is 0 Å². The van der Waals surface area contributed by atoms with Crippen LogP contribution in [0.3, 0.4) is 0 Å². The topological polar surface area (TPSA) is 70.7 Å². The van der Waals surface area contributed by atoms with Crippen LogP contribution in [0.25, 0.3) is 0 Å². The second-order valence-electron chi connectivity index (χ2n) is 4.26. The quantitative estimate of drug-likeness (QED) is 0.785. The molecule has 106 valence electrons. The number of carbonyl (C=O) groups is 1. The van der Waals surface area contributed by atoms with Gasteiger partial charge in [-0.1, -0.05) is 6.07 Å². The molecule has 1 amide bonds. The lowest BCUT2D eigenvalue weighted by Gasteiger charge is -2.06. The number of halogens is 2. The van der Waals surface area contributed by atoms with Crippen molar-refractivity contribution in [3.8, 4) is 0 Å². The van der Waals surface area contributed by atoms with E-state index < -0.39 is 17.5 Å². The molecule has 5 nitrogen and oxygen atoms in total.